The molecule has 6 nitrogen and oxygen atoms in total. The average molecular weight is 906 g/mol. The Morgan fingerprint density at radius 2 is 0.547 bits per heavy atom. The summed E-state index contributed by atoms with van der Waals surface area (Å²) in [5, 5.41) is 0. The number of unbranched alkanes of at least 4 members (excludes halogenated alkanes) is 33. The second-order valence-electron chi connectivity index (χ2n) is 21.1. The molecule has 0 saturated carbocycles. The van der Waals surface area contributed by atoms with Gasteiger partial charge in [-0.05, 0) is 37.0 Å². The zero-order valence-corrected chi connectivity index (χ0v) is 44.1. The fourth-order valence-corrected chi connectivity index (χ4v) is 8.79. The summed E-state index contributed by atoms with van der Waals surface area (Å²) >= 11 is 0. The molecule has 0 N–H and O–H groups in total. The Morgan fingerprint density at radius 1 is 0.312 bits per heavy atom. The summed E-state index contributed by atoms with van der Waals surface area (Å²) in [6.45, 7) is 13.8. The standard InChI is InChI=1S/C58H112O6/c1-7-54(6)46-40-34-28-22-16-12-8-9-13-17-23-29-35-41-47-56(59)62-50-55(51-63-57(60)48-42-36-30-25-19-21-27-33-39-45-53(4)5)64-58(61)49-43-37-31-24-18-14-10-11-15-20-26-32-38-44-52(2)3/h52-55H,7-51H2,1-6H3/t54?,55-/m0/s1. The highest BCUT2D eigenvalue weighted by Gasteiger charge is 2.19. The largest absolute Gasteiger partial charge is 0.462 e. The quantitative estimate of drug-likeness (QED) is 0.0344. The number of carbonyl (C=O) groups is 3. The molecule has 1 unspecified atom stereocenters. The van der Waals surface area contributed by atoms with E-state index in [1.807, 2.05) is 0 Å². The van der Waals surface area contributed by atoms with Crippen LogP contribution >= 0.6 is 0 Å². The summed E-state index contributed by atoms with van der Waals surface area (Å²) in [4.78, 5) is 38.1. The van der Waals surface area contributed by atoms with Crippen LogP contribution in [0.1, 0.15) is 318 Å². The van der Waals surface area contributed by atoms with Crippen LogP contribution in [0.15, 0.2) is 0 Å². The highest BCUT2D eigenvalue weighted by Crippen LogP contribution is 2.19. The lowest BCUT2D eigenvalue weighted by Crippen LogP contribution is -2.30. The molecule has 0 spiro atoms. The highest BCUT2D eigenvalue weighted by molar-refractivity contribution is 5.71. The van der Waals surface area contributed by atoms with E-state index in [-0.39, 0.29) is 31.1 Å². The van der Waals surface area contributed by atoms with E-state index in [0.29, 0.717) is 19.3 Å². The van der Waals surface area contributed by atoms with Gasteiger partial charge in [0.1, 0.15) is 13.2 Å². The summed E-state index contributed by atoms with van der Waals surface area (Å²) in [5.41, 5.74) is 0. The van der Waals surface area contributed by atoms with Crippen molar-refractivity contribution in [2.75, 3.05) is 13.2 Å². The van der Waals surface area contributed by atoms with Crippen molar-refractivity contribution in [3.05, 3.63) is 0 Å². The van der Waals surface area contributed by atoms with Gasteiger partial charge in [0.25, 0.3) is 0 Å². The van der Waals surface area contributed by atoms with Crippen molar-refractivity contribution in [3.63, 3.8) is 0 Å². The Bertz CT molecular complexity index is 993. The second-order valence-corrected chi connectivity index (χ2v) is 21.1. The minimum absolute atomic E-state index is 0.0638. The fourth-order valence-electron chi connectivity index (χ4n) is 8.79. The maximum atomic E-state index is 12.8. The number of hydrogen-bond acceptors (Lipinski definition) is 6. The van der Waals surface area contributed by atoms with Gasteiger partial charge in [-0.25, -0.2) is 0 Å². The summed E-state index contributed by atoms with van der Waals surface area (Å²) < 4.78 is 16.9. The molecule has 0 aliphatic rings. The van der Waals surface area contributed by atoms with E-state index in [9.17, 15) is 14.4 Å². The van der Waals surface area contributed by atoms with Crippen molar-refractivity contribution in [1.82, 2.24) is 0 Å². The molecular weight excluding hydrogens is 793 g/mol. The topological polar surface area (TPSA) is 78.9 Å². The second kappa shape index (κ2) is 49.3. The Hall–Kier alpha value is -1.59. The van der Waals surface area contributed by atoms with Crippen LogP contribution < -0.4 is 0 Å². The molecule has 6 heteroatoms. The molecule has 0 amide bonds. The normalized spacial score (nSPS) is 12.6. The molecule has 2 atom stereocenters. The molecular formula is C58H112O6. The fraction of sp³-hybridized carbons (Fsp3) is 0.948. The van der Waals surface area contributed by atoms with E-state index in [0.717, 1.165) is 75.5 Å². The van der Waals surface area contributed by atoms with Crippen LogP contribution in [0.4, 0.5) is 0 Å². The van der Waals surface area contributed by atoms with Gasteiger partial charge in [0.2, 0.25) is 0 Å². The van der Waals surface area contributed by atoms with Gasteiger partial charge in [0.05, 0.1) is 0 Å². The van der Waals surface area contributed by atoms with Crippen LogP contribution in [0.25, 0.3) is 0 Å². The van der Waals surface area contributed by atoms with Gasteiger partial charge >= 0.3 is 17.9 Å². The Kier molecular flexibility index (Phi) is 48.1. The molecule has 0 rings (SSSR count). The van der Waals surface area contributed by atoms with Crippen LogP contribution in [-0.4, -0.2) is 37.2 Å². The number of ether oxygens (including phenoxy) is 3. The van der Waals surface area contributed by atoms with Crippen molar-refractivity contribution < 1.29 is 28.6 Å². The first kappa shape index (κ1) is 62.4. The molecule has 0 radical (unpaired) electrons. The van der Waals surface area contributed by atoms with Gasteiger partial charge in [-0.2, -0.15) is 0 Å². The van der Waals surface area contributed by atoms with Gasteiger partial charge in [-0.15, -0.1) is 0 Å². The van der Waals surface area contributed by atoms with E-state index >= 15 is 0 Å². The van der Waals surface area contributed by atoms with Crippen molar-refractivity contribution in [3.8, 4) is 0 Å². The van der Waals surface area contributed by atoms with Gasteiger partial charge in [-0.1, -0.05) is 279 Å². The zero-order chi connectivity index (χ0) is 47.0. The van der Waals surface area contributed by atoms with Gasteiger partial charge in [0.15, 0.2) is 6.10 Å². The third-order valence-corrected chi connectivity index (χ3v) is 13.5. The molecule has 380 valence electrons. The Balaban J connectivity index is 4.29. The minimum Gasteiger partial charge on any atom is -0.462 e. The Labute approximate surface area is 399 Å². The van der Waals surface area contributed by atoms with Gasteiger partial charge in [0, 0.05) is 19.3 Å². The summed E-state index contributed by atoms with van der Waals surface area (Å²) in [7, 11) is 0. The van der Waals surface area contributed by atoms with Crippen LogP contribution in [-0.2, 0) is 28.6 Å². The summed E-state index contributed by atoms with van der Waals surface area (Å²) in [5.74, 6) is 1.70. The van der Waals surface area contributed by atoms with Crippen molar-refractivity contribution in [2.24, 2.45) is 17.8 Å². The van der Waals surface area contributed by atoms with Crippen molar-refractivity contribution >= 4 is 17.9 Å². The maximum absolute atomic E-state index is 12.8. The molecule has 0 fully saturated rings. The van der Waals surface area contributed by atoms with E-state index in [1.54, 1.807) is 0 Å². The zero-order valence-electron chi connectivity index (χ0n) is 44.1. The average Bonchev–Trinajstić information content (AvgIpc) is 3.27. The van der Waals surface area contributed by atoms with Crippen LogP contribution in [0.5, 0.6) is 0 Å². The first-order valence-corrected chi connectivity index (χ1v) is 28.6. The first-order valence-electron chi connectivity index (χ1n) is 28.6. The van der Waals surface area contributed by atoms with Crippen LogP contribution in [0, 0.1) is 17.8 Å². The number of esters is 3. The lowest BCUT2D eigenvalue weighted by Gasteiger charge is -2.18. The van der Waals surface area contributed by atoms with Crippen molar-refractivity contribution in [2.45, 2.75) is 324 Å². The van der Waals surface area contributed by atoms with E-state index in [1.165, 1.54) is 199 Å². The summed E-state index contributed by atoms with van der Waals surface area (Å²) in [6.07, 6.45) is 50.9. The van der Waals surface area contributed by atoms with E-state index in [2.05, 4.69) is 41.5 Å². The molecule has 0 saturated heterocycles. The molecule has 0 aliphatic carbocycles. The molecule has 0 aromatic heterocycles. The highest BCUT2D eigenvalue weighted by atomic mass is 16.6. The monoisotopic (exact) mass is 905 g/mol. The van der Waals surface area contributed by atoms with E-state index in [4.69, 9.17) is 14.2 Å². The third-order valence-electron chi connectivity index (χ3n) is 13.5. The number of carbonyl (C=O) groups excluding carboxylic acids is 3. The molecule has 64 heavy (non-hydrogen) atoms. The number of hydrogen-bond donors (Lipinski definition) is 0. The molecule has 0 heterocycles. The summed E-state index contributed by atoms with van der Waals surface area (Å²) in [6, 6.07) is 0. The molecule has 0 bridgehead atoms. The van der Waals surface area contributed by atoms with Gasteiger partial charge in [-0.3, -0.25) is 14.4 Å². The maximum Gasteiger partial charge on any atom is 0.306 e. The van der Waals surface area contributed by atoms with Crippen molar-refractivity contribution in [1.29, 1.82) is 0 Å². The predicted octanol–water partition coefficient (Wildman–Crippen LogP) is 18.7. The molecule has 0 aliphatic heterocycles. The minimum atomic E-state index is -0.763. The lowest BCUT2D eigenvalue weighted by molar-refractivity contribution is -0.167. The number of rotatable bonds is 51. The van der Waals surface area contributed by atoms with Gasteiger partial charge < -0.3 is 14.2 Å². The smallest absolute Gasteiger partial charge is 0.306 e. The first-order chi connectivity index (χ1) is 31.1. The third kappa shape index (κ3) is 49.8. The molecule has 0 aromatic rings. The lowest BCUT2D eigenvalue weighted by atomic mass is 9.99. The molecule has 0 aromatic carbocycles. The van der Waals surface area contributed by atoms with Crippen LogP contribution in [0.2, 0.25) is 0 Å². The van der Waals surface area contributed by atoms with Crippen LogP contribution in [0.3, 0.4) is 0 Å². The SMILES string of the molecule is CCC(C)CCCCCCCCCCCCCCCCC(=O)OC[C@@H](COC(=O)CCCCCCCCCCCC(C)C)OC(=O)CCCCCCCCCCCCCCCC(C)C. The Morgan fingerprint density at radius 3 is 0.812 bits per heavy atom. The van der Waals surface area contributed by atoms with E-state index < -0.39 is 6.10 Å². The predicted molar refractivity (Wildman–Crippen MR) is 275 cm³/mol.